The van der Waals surface area contributed by atoms with Crippen LogP contribution < -0.4 is 5.32 Å². The van der Waals surface area contributed by atoms with Crippen molar-refractivity contribution in [3.8, 4) is 0 Å². The Morgan fingerprint density at radius 3 is 2.95 bits per heavy atom. The number of ether oxygens (including phenoxy) is 1. The van der Waals surface area contributed by atoms with Crippen molar-refractivity contribution in [2.45, 2.75) is 25.0 Å². The van der Waals surface area contributed by atoms with Gasteiger partial charge in [-0.15, -0.1) is 0 Å². The van der Waals surface area contributed by atoms with Gasteiger partial charge in [-0.05, 0) is 25.0 Å². The van der Waals surface area contributed by atoms with E-state index in [1.54, 1.807) is 23.0 Å². The van der Waals surface area contributed by atoms with Crippen molar-refractivity contribution in [1.82, 2.24) is 19.7 Å². The number of nitrogens with zero attached hydrogens (tertiary/aromatic N) is 3. The molecule has 1 fully saturated rings. The summed E-state index contributed by atoms with van der Waals surface area (Å²) < 4.78 is 9.35. The van der Waals surface area contributed by atoms with Crippen molar-refractivity contribution in [2.75, 3.05) is 6.61 Å². The standard InChI is InChI=1S/C15H19ClN4O2/c1-19-9-10(16)7-13(19)15(21)18-11-4-6-22-14(8-11)12-3-5-17-20(12)2/h3,5,7,9,11,14H,4,6,8H2,1-2H3,(H,18,21)/t11-,14+/m1/s1. The Labute approximate surface area is 134 Å². The topological polar surface area (TPSA) is 61.1 Å². The largest absolute Gasteiger partial charge is 0.372 e. The van der Waals surface area contributed by atoms with Gasteiger partial charge < -0.3 is 14.6 Å². The number of carbonyl (C=O) groups excluding carboxylic acids is 1. The number of aromatic nitrogens is 3. The van der Waals surface area contributed by atoms with E-state index in [0.717, 1.165) is 18.5 Å². The van der Waals surface area contributed by atoms with Crippen molar-refractivity contribution in [1.29, 1.82) is 0 Å². The van der Waals surface area contributed by atoms with E-state index in [9.17, 15) is 4.79 Å². The number of amides is 1. The zero-order valence-electron chi connectivity index (χ0n) is 12.6. The second-order valence-corrected chi connectivity index (χ2v) is 6.02. The zero-order valence-corrected chi connectivity index (χ0v) is 13.4. The summed E-state index contributed by atoms with van der Waals surface area (Å²) in [5, 5.41) is 7.81. The average Bonchev–Trinajstić information content (AvgIpc) is 3.04. The van der Waals surface area contributed by atoms with Crippen LogP contribution in [-0.4, -0.2) is 32.9 Å². The zero-order chi connectivity index (χ0) is 15.7. The third-order valence-electron chi connectivity index (χ3n) is 4.01. The molecule has 3 heterocycles. The molecule has 0 unspecified atom stereocenters. The van der Waals surface area contributed by atoms with Crippen LogP contribution in [-0.2, 0) is 18.8 Å². The van der Waals surface area contributed by atoms with E-state index >= 15 is 0 Å². The number of nitrogens with one attached hydrogen (secondary N) is 1. The lowest BCUT2D eigenvalue weighted by Crippen LogP contribution is -2.40. The maximum Gasteiger partial charge on any atom is 0.268 e. The van der Waals surface area contributed by atoms with Gasteiger partial charge in [-0.3, -0.25) is 9.48 Å². The van der Waals surface area contributed by atoms with Gasteiger partial charge in [0, 0.05) is 39.1 Å². The van der Waals surface area contributed by atoms with E-state index in [2.05, 4.69) is 10.4 Å². The molecule has 1 aliphatic heterocycles. The summed E-state index contributed by atoms with van der Waals surface area (Å²) in [6.45, 7) is 0.620. The predicted molar refractivity (Wildman–Crippen MR) is 82.8 cm³/mol. The molecule has 0 aromatic carbocycles. The SMILES string of the molecule is Cn1cc(Cl)cc1C(=O)N[C@@H]1CCO[C@H](c2ccnn2C)C1. The number of carbonyl (C=O) groups is 1. The van der Waals surface area contributed by atoms with Crippen molar-refractivity contribution in [3.05, 3.63) is 40.9 Å². The van der Waals surface area contributed by atoms with Crippen LogP contribution in [0.15, 0.2) is 24.5 Å². The summed E-state index contributed by atoms with van der Waals surface area (Å²) in [6.07, 6.45) is 4.98. The molecule has 0 spiro atoms. The molecule has 0 saturated carbocycles. The van der Waals surface area contributed by atoms with Gasteiger partial charge in [0.1, 0.15) is 11.8 Å². The molecule has 0 aliphatic carbocycles. The fourth-order valence-corrected chi connectivity index (χ4v) is 3.09. The number of aryl methyl sites for hydroxylation is 2. The summed E-state index contributed by atoms with van der Waals surface area (Å²) in [7, 11) is 3.70. The molecule has 0 bridgehead atoms. The monoisotopic (exact) mass is 322 g/mol. The first-order valence-corrected chi connectivity index (χ1v) is 7.64. The summed E-state index contributed by atoms with van der Waals surface area (Å²) in [5.74, 6) is -0.106. The van der Waals surface area contributed by atoms with E-state index in [4.69, 9.17) is 16.3 Å². The smallest absolute Gasteiger partial charge is 0.268 e. The first kappa shape index (κ1) is 15.1. The number of hydrogen-bond acceptors (Lipinski definition) is 3. The van der Waals surface area contributed by atoms with E-state index in [-0.39, 0.29) is 18.1 Å². The van der Waals surface area contributed by atoms with Crippen molar-refractivity contribution in [2.24, 2.45) is 14.1 Å². The Hall–Kier alpha value is -1.79. The molecule has 6 nitrogen and oxygen atoms in total. The van der Waals surface area contributed by atoms with Crippen LogP contribution in [0.2, 0.25) is 5.02 Å². The van der Waals surface area contributed by atoms with Gasteiger partial charge in [-0.25, -0.2) is 0 Å². The second-order valence-electron chi connectivity index (χ2n) is 5.59. The number of rotatable bonds is 3. The van der Waals surface area contributed by atoms with Gasteiger partial charge in [0.25, 0.3) is 5.91 Å². The lowest BCUT2D eigenvalue weighted by molar-refractivity contribution is -0.00358. The van der Waals surface area contributed by atoms with Gasteiger partial charge in [0.2, 0.25) is 0 Å². The average molecular weight is 323 g/mol. The molecule has 1 saturated heterocycles. The fourth-order valence-electron chi connectivity index (χ4n) is 2.84. The highest BCUT2D eigenvalue weighted by molar-refractivity contribution is 6.31. The minimum Gasteiger partial charge on any atom is -0.372 e. The van der Waals surface area contributed by atoms with Crippen LogP contribution in [0.5, 0.6) is 0 Å². The molecule has 0 radical (unpaired) electrons. The molecule has 2 atom stereocenters. The second kappa shape index (κ2) is 6.14. The molecule has 1 amide bonds. The summed E-state index contributed by atoms with van der Waals surface area (Å²) >= 11 is 5.93. The Morgan fingerprint density at radius 2 is 2.32 bits per heavy atom. The lowest BCUT2D eigenvalue weighted by atomic mass is 10.0. The molecule has 7 heteroatoms. The Balaban J connectivity index is 1.67. The van der Waals surface area contributed by atoms with Gasteiger partial charge in [0.05, 0.1) is 10.7 Å². The van der Waals surface area contributed by atoms with E-state index < -0.39 is 0 Å². The first-order chi connectivity index (χ1) is 10.5. The molecular formula is C15H19ClN4O2. The molecule has 2 aromatic rings. The van der Waals surface area contributed by atoms with Crippen molar-refractivity contribution in [3.63, 3.8) is 0 Å². The van der Waals surface area contributed by atoms with E-state index in [1.165, 1.54) is 0 Å². The van der Waals surface area contributed by atoms with Gasteiger partial charge >= 0.3 is 0 Å². The molecule has 1 aliphatic rings. The molecular weight excluding hydrogens is 304 g/mol. The minimum absolute atomic E-state index is 0.0384. The van der Waals surface area contributed by atoms with Crippen molar-refractivity contribution >= 4 is 17.5 Å². The minimum atomic E-state index is -0.106. The quantitative estimate of drug-likeness (QED) is 0.941. The first-order valence-electron chi connectivity index (χ1n) is 7.27. The Kier molecular flexibility index (Phi) is 4.22. The molecule has 3 rings (SSSR count). The van der Waals surface area contributed by atoms with E-state index in [1.807, 2.05) is 24.8 Å². The van der Waals surface area contributed by atoms with Crippen LogP contribution in [0.1, 0.15) is 35.1 Å². The molecule has 1 N–H and O–H groups in total. The summed E-state index contributed by atoms with van der Waals surface area (Å²) in [6, 6.07) is 3.70. The van der Waals surface area contributed by atoms with Crippen LogP contribution in [0.3, 0.4) is 0 Å². The predicted octanol–water partition coefficient (Wildman–Crippen LogP) is 2.06. The number of halogens is 1. The summed E-state index contributed by atoms with van der Waals surface area (Å²) in [4.78, 5) is 12.4. The molecule has 22 heavy (non-hydrogen) atoms. The van der Waals surface area contributed by atoms with Gasteiger partial charge in [-0.2, -0.15) is 5.10 Å². The van der Waals surface area contributed by atoms with Crippen molar-refractivity contribution < 1.29 is 9.53 Å². The van der Waals surface area contributed by atoms with Crippen LogP contribution >= 0.6 is 11.6 Å². The maximum absolute atomic E-state index is 12.4. The van der Waals surface area contributed by atoms with Crippen LogP contribution in [0, 0.1) is 0 Å². The van der Waals surface area contributed by atoms with Gasteiger partial charge in [-0.1, -0.05) is 11.6 Å². The van der Waals surface area contributed by atoms with Crippen LogP contribution in [0.25, 0.3) is 0 Å². The third kappa shape index (κ3) is 3.03. The highest BCUT2D eigenvalue weighted by atomic mass is 35.5. The van der Waals surface area contributed by atoms with Gasteiger partial charge in [0.15, 0.2) is 0 Å². The normalized spacial score (nSPS) is 21.8. The highest BCUT2D eigenvalue weighted by Crippen LogP contribution is 2.27. The maximum atomic E-state index is 12.4. The third-order valence-corrected chi connectivity index (χ3v) is 4.22. The Bertz CT molecular complexity index is 679. The molecule has 118 valence electrons. The number of hydrogen-bond donors (Lipinski definition) is 1. The van der Waals surface area contributed by atoms with Crippen LogP contribution in [0.4, 0.5) is 0 Å². The Morgan fingerprint density at radius 1 is 1.50 bits per heavy atom. The lowest BCUT2D eigenvalue weighted by Gasteiger charge is -2.30. The highest BCUT2D eigenvalue weighted by Gasteiger charge is 2.27. The summed E-state index contributed by atoms with van der Waals surface area (Å²) in [5.41, 5.74) is 1.59. The fraction of sp³-hybridized carbons (Fsp3) is 0.467. The molecule has 2 aromatic heterocycles. The van der Waals surface area contributed by atoms with E-state index in [0.29, 0.717) is 17.3 Å².